The van der Waals surface area contributed by atoms with Gasteiger partial charge in [0.2, 0.25) is 0 Å². The SMILES string of the molecule is CC1CCC(NC(=O)c2ccc(CN)cn2)C(C)C1. The first kappa shape index (κ1) is 14.0. The number of pyridine rings is 1. The van der Waals surface area contributed by atoms with E-state index in [1.807, 2.05) is 6.07 Å². The van der Waals surface area contributed by atoms with Crippen molar-refractivity contribution in [3.63, 3.8) is 0 Å². The van der Waals surface area contributed by atoms with E-state index >= 15 is 0 Å². The predicted octanol–water partition coefficient (Wildman–Crippen LogP) is 2.09. The van der Waals surface area contributed by atoms with Crippen molar-refractivity contribution in [2.75, 3.05) is 0 Å². The van der Waals surface area contributed by atoms with Crippen molar-refractivity contribution in [1.82, 2.24) is 10.3 Å². The molecule has 1 amide bonds. The fraction of sp³-hybridized carbons (Fsp3) is 0.600. The van der Waals surface area contributed by atoms with E-state index in [0.29, 0.717) is 18.2 Å². The molecular formula is C15H23N3O. The van der Waals surface area contributed by atoms with Gasteiger partial charge in [-0.05, 0) is 42.7 Å². The molecule has 3 unspecified atom stereocenters. The minimum Gasteiger partial charge on any atom is -0.348 e. The molecule has 1 aliphatic rings. The van der Waals surface area contributed by atoms with Gasteiger partial charge in [0.05, 0.1) is 0 Å². The van der Waals surface area contributed by atoms with Gasteiger partial charge in [0.1, 0.15) is 5.69 Å². The van der Waals surface area contributed by atoms with Crippen LogP contribution in [0.5, 0.6) is 0 Å². The molecule has 1 aromatic rings. The van der Waals surface area contributed by atoms with E-state index in [4.69, 9.17) is 5.73 Å². The van der Waals surface area contributed by atoms with Crippen molar-refractivity contribution in [2.24, 2.45) is 17.6 Å². The van der Waals surface area contributed by atoms with Gasteiger partial charge in [0.25, 0.3) is 5.91 Å². The Balaban J connectivity index is 1.96. The summed E-state index contributed by atoms with van der Waals surface area (Å²) in [5, 5.41) is 3.11. The van der Waals surface area contributed by atoms with Gasteiger partial charge < -0.3 is 11.1 Å². The van der Waals surface area contributed by atoms with Crippen LogP contribution < -0.4 is 11.1 Å². The number of nitrogens with one attached hydrogen (secondary N) is 1. The molecular weight excluding hydrogens is 238 g/mol. The molecule has 1 heterocycles. The summed E-state index contributed by atoms with van der Waals surface area (Å²) in [6.45, 7) is 4.94. The highest BCUT2D eigenvalue weighted by Gasteiger charge is 2.26. The smallest absolute Gasteiger partial charge is 0.270 e. The van der Waals surface area contributed by atoms with Crippen molar-refractivity contribution < 1.29 is 4.79 Å². The molecule has 3 atom stereocenters. The molecule has 0 saturated heterocycles. The topological polar surface area (TPSA) is 68.0 Å². The second kappa shape index (κ2) is 6.15. The highest BCUT2D eigenvalue weighted by atomic mass is 16.1. The first-order valence-electron chi connectivity index (χ1n) is 7.06. The van der Waals surface area contributed by atoms with Crippen molar-refractivity contribution in [1.29, 1.82) is 0 Å². The highest BCUT2D eigenvalue weighted by Crippen LogP contribution is 2.28. The standard InChI is InChI=1S/C15H23N3O/c1-10-3-5-13(11(2)7-10)18-15(19)14-6-4-12(8-16)9-17-14/h4,6,9-11,13H,3,5,7-8,16H2,1-2H3,(H,18,19). The van der Waals surface area contributed by atoms with Crippen LogP contribution in [0.3, 0.4) is 0 Å². The Morgan fingerprint density at radius 3 is 2.79 bits per heavy atom. The van der Waals surface area contributed by atoms with Gasteiger partial charge in [-0.3, -0.25) is 9.78 Å². The molecule has 1 saturated carbocycles. The normalized spacial score (nSPS) is 27.0. The average Bonchev–Trinajstić information content (AvgIpc) is 2.42. The van der Waals surface area contributed by atoms with E-state index in [-0.39, 0.29) is 11.9 Å². The largest absolute Gasteiger partial charge is 0.348 e. The molecule has 3 N–H and O–H groups in total. The molecule has 0 spiro atoms. The van der Waals surface area contributed by atoms with Crippen LogP contribution in [-0.2, 0) is 6.54 Å². The Morgan fingerprint density at radius 1 is 1.42 bits per heavy atom. The summed E-state index contributed by atoms with van der Waals surface area (Å²) in [5.74, 6) is 1.23. The Hall–Kier alpha value is -1.42. The molecule has 0 bridgehead atoms. The molecule has 0 radical (unpaired) electrons. The highest BCUT2D eigenvalue weighted by molar-refractivity contribution is 5.92. The van der Waals surface area contributed by atoms with Crippen LogP contribution in [0.1, 0.15) is 49.2 Å². The fourth-order valence-corrected chi connectivity index (χ4v) is 2.80. The van der Waals surface area contributed by atoms with Gasteiger partial charge in [-0.25, -0.2) is 0 Å². The Labute approximate surface area is 114 Å². The van der Waals surface area contributed by atoms with Gasteiger partial charge in [-0.2, -0.15) is 0 Å². The van der Waals surface area contributed by atoms with Gasteiger partial charge in [-0.15, -0.1) is 0 Å². The molecule has 1 aromatic heterocycles. The van der Waals surface area contributed by atoms with Gasteiger partial charge in [0.15, 0.2) is 0 Å². The van der Waals surface area contributed by atoms with Crippen LogP contribution in [0.15, 0.2) is 18.3 Å². The Bertz CT molecular complexity index is 430. The quantitative estimate of drug-likeness (QED) is 0.875. The first-order chi connectivity index (χ1) is 9.10. The number of nitrogens with two attached hydrogens (primary N) is 1. The number of carbonyl (C=O) groups excluding carboxylic acids is 1. The Morgan fingerprint density at radius 2 is 2.21 bits per heavy atom. The molecule has 4 heteroatoms. The minimum atomic E-state index is -0.0741. The molecule has 1 fully saturated rings. The molecule has 19 heavy (non-hydrogen) atoms. The molecule has 0 aliphatic heterocycles. The minimum absolute atomic E-state index is 0.0741. The maximum absolute atomic E-state index is 12.1. The summed E-state index contributed by atoms with van der Waals surface area (Å²) in [6.07, 6.45) is 5.11. The Kier molecular flexibility index (Phi) is 4.53. The first-order valence-corrected chi connectivity index (χ1v) is 7.06. The summed E-state index contributed by atoms with van der Waals surface area (Å²) in [5.41, 5.74) is 6.93. The fourth-order valence-electron chi connectivity index (χ4n) is 2.80. The molecule has 2 rings (SSSR count). The molecule has 1 aliphatic carbocycles. The maximum Gasteiger partial charge on any atom is 0.270 e. The third-order valence-electron chi connectivity index (χ3n) is 4.04. The summed E-state index contributed by atoms with van der Waals surface area (Å²) >= 11 is 0. The number of amides is 1. The van der Waals surface area contributed by atoms with Crippen molar-refractivity contribution >= 4 is 5.91 Å². The number of carbonyl (C=O) groups is 1. The third kappa shape index (κ3) is 3.53. The van der Waals surface area contributed by atoms with E-state index in [9.17, 15) is 4.79 Å². The number of hydrogen-bond acceptors (Lipinski definition) is 3. The number of nitrogens with zero attached hydrogens (tertiary/aromatic N) is 1. The van der Waals surface area contributed by atoms with Crippen molar-refractivity contribution in [3.05, 3.63) is 29.6 Å². The van der Waals surface area contributed by atoms with Gasteiger partial charge in [0, 0.05) is 18.8 Å². The third-order valence-corrected chi connectivity index (χ3v) is 4.04. The van der Waals surface area contributed by atoms with Crippen LogP contribution in [0.4, 0.5) is 0 Å². The number of hydrogen-bond donors (Lipinski definition) is 2. The van der Waals surface area contributed by atoms with E-state index < -0.39 is 0 Å². The molecule has 4 nitrogen and oxygen atoms in total. The van der Waals surface area contributed by atoms with Crippen molar-refractivity contribution in [2.45, 2.75) is 45.7 Å². The van der Waals surface area contributed by atoms with E-state index in [1.54, 1.807) is 12.3 Å². The molecule has 0 aromatic carbocycles. The van der Waals surface area contributed by atoms with Crippen LogP contribution in [0.2, 0.25) is 0 Å². The summed E-state index contributed by atoms with van der Waals surface area (Å²) < 4.78 is 0. The lowest BCUT2D eigenvalue weighted by Gasteiger charge is -2.33. The van der Waals surface area contributed by atoms with Gasteiger partial charge in [-0.1, -0.05) is 19.9 Å². The number of aromatic nitrogens is 1. The van der Waals surface area contributed by atoms with Crippen LogP contribution >= 0.6 is 0 Å². The zero-order valence-corrected chi connectivity index (χ0v) is 11.7. The van der Waals surface area contributed by atoms with Crippen LogP contribution in [-0.4, -0.2) is 16.9 Å². The van der Waals surface area contributed by atoms with Crippen LogP contribution in [0.25, 0.3) is 0 Å². The van der Waals surface area contributed by atoms with E-state index in [2.05, 4.69) is 24.1 Å². The average molecular weight is 261 g/mol. The predicted molar refractivity (Wildman–Crippen MR) is 75.6 cm³/mol. The second-order valence-corrected chi connectivity index (χ2v) is 5.73. The zero-order valence-electron chi connectivity index (χ0n) is 11.7. The second-order valence-electron chi connectivity index (χ2n) is 5.73. The monoisotopic (exact) mass is 261 g/mol. The van der Waals surface area contributed by atoms with E-state index in [0.717, 1.165) is 17.9 Å². The molecule has 104 valence electrons. The van der Waals surface area contributed by atoms with E-state index in [1.165, 1.54) is 12.8 Å². The summed E-state index contributed by atoms with van der Waals surface area (Å²) in [6, 6.07) is 3.88. The maximum atomic E-state index is 12.1. The van der Waals surface area contributed by atoms with Crippen molar-refractivity contribution in [3.8, 4) is 0 Å². The lowest BCUT2D eigenvalue weighted by atomic mass is 9.80. The summed E-state index contributed by atoms with van der Waals surface area (Å²) in [7, 11) is 0. The van der Waals surface area contributed by atoms with Gasteiger partial charge >= 0.3 is 0 Å². The zero-order chi connectivity index (χ0) is 13.8. The lowest BCUT2D eigenvalue weighted by Crippen LogP contribution is -2.42. The lowest BCUT2D eigenvalue weighted by molar-refractivity contribution is 0.0894. The summed E-state index contributed by atoms with van der Waals surface area (Å²) in [4.78, 5) is 16.3. The van der Waals surface area contributed by atoms with Crippen LogP contribution in [0, 0.1) is 11.8 Å². The number of rotatable bonds is 3.